The van der Waals surface area contributed by atoms with Crippen LogP contribution in [0.1, 0.15) is 37.0 Å². The van der Waals surface area contributed by atoms with E-state index in [0.717, 1.165) is 36.1 Å². The first kappa shape index (κ1) is 23.6. The van der Waals surface area contributed by atoms with Crippen LogP contribution in [0.2, 0.25) is 0 Å². The van der Waals surface area contributed by atoms with Gasteiger partial charge < -0.3 is 10.1 Å². The summed E-state index contributed by atoms with van der Waals surface area (Å²) >= 11 is 0. The van der Waals surface area contributed by atoms with Gasteiger partial charge in [-0.15, -0.1) is 0 Å². The molecule has 2 aromatic heterocycles. The predicted octanol–water partition coefficient (Wildman–Crippen LogP) is 3.72. The maximum Gasteiger partial charge on any atom is 0.255 e. The topological polar surface area (TPSA) is 67.4 Å². The molecule has 2 heterocycles. The number of allylic oxidation sites excluding steroid dienone is 1. The van der Waals surface area contributed by atoms with E-state index in [2.05, 4.69) is 27.1 Å². The number of carbonyl (C=O) groups is 1. The van der Waals surface area contributed by atoms with Crippen molar-refractivity contribution in [2.75, 3.05) is 32.8 Å². The summed E-state index contributed by atoms with van der Waals surface area (Å²) in [5.74, 6) is -0.512. The standard InChI is InChI=1S/C25H31FN4O2/c1-4-30(14-15-32-23-6-5-11-28-24(23)26)13-12-29-25(31)22-10-8-20-17-27-16-19(3)21(20)9-7-18(22)2/h5-6,8,10-11,16-17H,4,7,9,12-15H2,1-3H3,(H,29,31). The number of hydrogen-bond donors (Lipinski definition) is 1. The van der Waals surface area contributed by atoms with Gasteiger partial charge in [0, 0.05) is 43.8 Å². The van der Waals surface area contributed by atoms with Gasteiger partial charge >= 0.3 is 0 Å². The van der Waals surface area contributed by atoms with Crippen LogP contribution in [-0.4, -0.2) is 53.6 Å². The molecular formula is C25H31FN4O2. The Morgan fingerprint density at radius 3 is 2.84 bits per heavy atom. The monoisotopic (exact) mass is 438 g/mol. The van der Waals surface area contributed by atoms with Gasteiger partial charge in [-0.1, -0.05) is 18.6 Å². The van der Waals surface area contributed by atoms with Crippen LogP contribution >= 0.6 is 0 Å². The van der Waals surface area contributed by atoms with Crippen molar-refractivity contribution in [2.24, 2.45) is 0 Å². The van der Waals surface area contributed by atoms with Crippen LogP contribution in [0.3, 0.4) is 0 Å². The molecular weight excluding hydrogens is 407 g/mol. The van der Waals surface area contributed by atoms with E-state index in [0.29, 0.717) is 26.2 Å². The minimum Gasteiger partial charge on any atom is -0.487 e. The van der Waals surface area contributed by atoms with Crippen molar-refractivity contribution in [2.45, 2.75) is 33.6 Å². The number of pyridine rings is 2. The summed E-state index contributed by atoms with van der Waals surface area (Å²) in [6.45, 7) is 9.14. The van der Waals surface area contributed by atoms with E-state index < -0.39 is 5.95 Å². The fourth-order valence-electron chi connectivity index (χ4n) is 3.74. The molecule has 0 fully saturated rings. The molecule has 7 heteroatoms. The SMILES string of the molecule is CCN(CCNC(=O)C1=C(C)CCc2c(C)cncc2C=C1)CCOc1cccnc1F. The Morgan fingerprint density at radius 2 is 2.06 bits per heavy atom. The number of rotatable bonds is 9. The van der Waals surface area contributed by atoms with Gasteiger partial charge in [-0.2, -0.15) is 4.39 Å². The minimum atomic E-state index is -0.604. The first-order valence-corrected chi connectivity index (χ1v) is 11.0. The first-order valence-electron chi connectivity index (χ1n) is 11.0. The lowest BCUT2D eigenvalue weighted by atomic mass is 9.92. The second-order valence-electron chi connectivity index (χ2n) is 7.88. The van der Waals surface area contributed by atoms with Gasteiger partial charge in [-0.3, -0.25) is 14.7 Å². The van der Waals surface area contributed by atoms with Gasteiger partial charge in [-0.05, 0) is 68.1 Å². The molecule has 1 N–H and O–H groups in total. The van der Waals surface area contributed by atoms with Crippen LogP contribution in [0.25, 0.3) is 6.08 Å². The molecule has 1 aliphatic rings. The Hall–Kier alpha value is -3.06. The van der Waals surface area contributed by atoms with Crippen LogP contribution in [0.4, 0.5) is 4.39 Å². The van der Waals surface area contributed by atoms with E-state index in [1.165, 1.54) is 17.3 Å². The lowest BCUT2D eigenvalue weighted by Crippen LogP contribution is -2.37. The molecule has 0 saturated carbocycles. The van der Waals surface area contributed by atoms with Crippen molar-refractivity contribution in [3.63, 3.8) is 0 Å². The van der Waals surface area contributed by atoms with E-state index in [1.807, 2.05) is 38.4 Å². The van der Waals surface area contributed by atoms with Crippen molar-refractivity contribution in [3.05, 3.63) is 70.6 Å². The van der Waals surface area contributed by atoms with Crippen molar-refractivity contribution in [1.29, 1.82) is 0 Å². The number of halogens is 1. The lowest BCUT2D eigenvalue weighted by Gasteiger charge is -2.21. The molecule has 32 heavy (non-hydrogen) atoms. The third kappa shape index (κ3) is 6.23. The Kier molecular flexibility index (Phi) is 8.50. The summed E-state index contributed by atoms with van der Waals surface area (Å²) in [5.41, 5.74) is 5.35. The highest BCUT2D eigenvalue weighted by Gasteiger charge is 2.15. The Labute approximate surface area is 189 Å². The maximum absolute atomic E-state index is 13.5. The van der Waals surface area contributed by atoms with E-state index in [1.54, 1.807) is 12.1 Å². The molecule has 170 valence electrons. The smallest absolute Gasteiger partial charge is 0.255 e. The lowest BCUT2D eigenvalue weighted by molar-refractivity contribution is -0.117. The van der Waals surface area contributed by atoms with E-state index >= 15 is 0 Å². The number of aryl methyl sites for hydroxylation is 1. The average Bonchev–Trinajstić information content (AvgIpc) is 2.77. The number of nitrogens with zero attached hydrogens (tertiary/aromatic N) is 3. The molecule has 0 aromatic carbocycles. The zero-order chi connectivity index (χ0) is 22.9. The summed E-state index contributed by atoms with van der Waals surface area (Å²) in [5, 5.41) is 3.03. The molecule has 0 aliphatic heterocycles. The molecule has 0 bridgehead atoms. The van der Waals surface area contributed by atoms with Crippen molar-refractivity contribution < 1.29 is 13.9 Å². The van der Waals surface area contributed by atoms with Crippen LogP contribution in [-0.2, 0) is 11.2 Å². The molecule has 2 aromatic rings. The molecule has 0 spiro atoms. The van der Waals surface area contributed by atoms with E-state index in [9.17, 15) is 9.18 Å². The highest BCUT2D eigenvalue weighted by atomic mass is 19.1. The highest BCUT2D eigenvalue weighted by Crippen LogP contribution is 2.24. The van der Waals surface area contributed by atoms with Crippen LogP contribution in [0.5, 0.6) is 5.75 Å². The second kappa shape index (κ2) is 11.5. The molecule has 0 atom stereocenters. The third-order valence-corrected chi connectivity index (χ3v) is 5.74. The predicted molar refractivity (Wildman–Crippen MR) is 124 cm³/mol. The summed E-state index contributed by atoms with van der Waals surface area (Å²) in [6.07, 6.45) is 10.8. The number of ether oxygens (including phenoxy) is 1. The number of nitrogens with one attached hydrogen (secondary N) is 1. The van der Waals surface area contributed by atoms with Crippen molar-refractivity contribution >= 4 is 12.0 Å². The van der Waals surface area contributed by atoms with Gasteiger partial charge in [0.15, 0.2) is 5.75 Å². The Balaban J connectivity index is 1.50. The number of fused-ring (bicyclic) bond motifs is 1. The fourth-order valence-corrected chi connectivity index (χ4v) is 3.74. The molecule has 0 saturated heterocycles. The zero-order valence-corrected chi connectivity index (χ0v) is 19.0. The molecule has 0 radical (unpaired) electrons. The van der Waals surface area contributed by atoms with Crippen LogP contribution < -0.4 is 10.1 Å². The summed E-state index contributed by atoms with van der Waals surface area (Å²) < 4.78 is 19.0. The highest BCUT2D eigenvalue weighted by molar-refractivity contribution is 5.98. The average molecular weight is 439 g/mol. The zero-order valence-electron chi connectivity index (χ0n) is 19.0. The minimum absolute atomic E-state index is 0.0625. The van der Waals surface area contributed by atoms with Gasteiger partial charge in [-0.25, -0.2) is 4.98 Å². The molecule has 6 nitrogen and oxygen atoms in total. The van der Waals surface area contributed by atoms with Gasteiger partial charge in [0.05, 0.1) is 0 Å². The van der Waals surface area contributed by atoms with E-state index in [4.69, 9.17) is 4.74 Å². The Morgan fingerprint density at radius 1 is 1.22 bits per heavy atom. The third-order valence-electron chi connectivity index (χ3n) is 5.74. The van der Waals surface area contributed by atoms with Gasteiger partial charge in [0.25, 0.3) is 11.9 Å². The fraction of sp³-hybridized carbons (Fsp3) is 0.400. The van der Waals surface area contributed by atoms with Gasteiger partial charge in [0.1, 0.15) is 6.61 Å². The van der Waals surface area contributed by atoms with Crippen molar-refractivity contribution in [1.82, 2.24) is 20.2 Å². The first-order chi connectivity index (χ1) is 15.5. The molecule has 1 amide bonds. The molecule has 0 unspecified atom stereocenters. The number of amides is 1. The number of aromatic nitrogens is 2. The summed E-state index contributed by atoms with van der Waals surface area (Å²) in [7, 11) is 0. The quantitative estimate of drug-likeness (QED) is 0.605. The summed E-state index contributed by atoms with van der Waals surface area (Å²) in [4.78, 5) is 22.8. The van der Waals surface area contributed by atoms with Crippen molar-refractivity contribution in [3.8, 4) is 5.75 Å². The number of likely N-dealkylation sites (N-methyl/N-ethyl adjacent to an activating group) is 1. The Bertz CT molecular complexity index is 1000. The largest absolute Gasteiger partial charge is 0.487 e. The van der Waals surface area contributed by atoms with Gasteiger partial charge in [0.2, 0.25) is 0 Å². The number of hydrogen-bond acceptors (Lipinski definition) is 5. The maximum atomic E-state index is 13.5. The van der Waals surface area contributed by atoms with Crippen LogP contribution in [0.15, 0.2) is 47.9 Å². The van der Waals surface area contributed by atoms with E-state index in [-0.39, 0.29) is 11.7 Å². The molecule has 3 rings (SSSR count). The normalized spacial score (nSPS) is 13.5. The summed E-state index contributed by atoms with van der Waals surface area (Å²) in [6, 6.07) is 3.20. The molecule has 1 aliphatic carbocycles. The van der Waals surface area contributed by atoms with Crippen LogP contribution in [0, 0.1) is 12.9 Å². The second-order valence-corrected chi connectivity index (χ2v) is 7.88. The number of carbonyl (C=O) groups excluding carboxylic acids is 1.